The maximum Gasteiger partial charge on any atom is 0.0278 e. The van der Waals surface area contributed by atoms with E-state index in [0.29, 0.717) is 11.8 Å². The smallest absolute Gasteiger partial charge is 0.0278 e. The summed E-state index contributed by atoms with van der Waals surface area (Å²) in [5.74, 6) is 1.30. The first-order valence-electron chi connectivity index (χ1n) is 11.1. The van der Waals surface area contributed by atoms with Crippen molar-refractivity contribution in [3.63, 3.8) is 0 Å². The number of hydrogen-bond donors (Lipinski definition) is 2. The lowest BCUT2D eigenvalue weighted by atomic mass is 10.1. The maximum atomic E-state index is 3.54. The van der Waals surface area contributed by atoms with E-state index < -0.39 is 0 Å². The topological polar surface area (TPSA) is 31.6 Å². The summed E-state index contributed by atoms with van der Waals surface area (Å²) >= 11 is 0. The van der Waals surface area contributed by atoms with E-state index in [-0.39, 0.29) is 0 Å². The van der Waals surface area contributed by atoms with Gasteiger partial charge in [-0.15, -0.1) is 0 Å². The largest absolute Gasteiger partial charge is 0.362 e. The van der Waals surface area contributed by atoms with Crippen molar-refractivity contribution in [1.29, 1.82) is 0 Å². The van der Waals surface area contributed by atoms with Gasteiger partial charge in [-0.25, -0.2) is 0 Å². The Morgan fingerprint density at radius 1 is 0.655 bits per heavy atom. The van der Waals surface area contributed by atoms with Crippen LogP contribution in [0.3, 0.4) is 0 Å². The van der Waals surface area contributed by atoms with E-state index in [1.165, 1.54) is 35.6 Å². The fourth-order valence-electron chi connectivity index (χ4n) is 2.96. The van der Waals surface area contributed by atoms with Gasteiger partial charge in [-0.05, 0) is 36.1 Å². The van der Waals surface area contributed by atoms with Gasteiger partial charge in [0.1, 0.15) is 0 Å². The Kier molecular flexibility index (Phi) is 10.1. The molecular weight excluding hydrogens is 352 g/mol. The van der Waals surface area contributed by atoms with Crippen molar-refractivity contribution >= 4 is 0 Å². The van der Waals surface area contributed by atoms with Crippen LogP contribution in [-0.2, 0) is 19.3 Å². The number of rotatable bonds is 12. The molecular formula is C27H38N2. The quantitative estimate of drug-likeness (QED) is 0.355. The van der Waals surface area contributed by atoms with Gasteiger partial charge in [0.2, 0.25) is 0 Å². The lowest BCUT2D eigenvalue weighted by Gasteiger charge is -1.98. The van der Waals surface area contributed by atoms with Crippen molar-refractivity contribution in [2.24, 2.45) is 11.8 Å². The van der Waals surface area contributed by atoms with Crippen molar-refractivity contribution in [1.82, 2.24) is 9.97 Å². The predicted molar refractivity (Wildman–Crippen MR) is 127 cm³/mol. The zero-order valence-corrected chi connectivity index (χ0v) is 18.6. The number of H-pyrrole nitrogens is 2. The molecule has 156 valence electrons. The molecule has 0 amide bonds. The van der Waals surface area contributed by atoms with Gasteiger partial charge in [0, 0.05) is 42.0 Å². The normalized spacial score (nSPS) is 14.8. The van der Waals surface area contributed by atoms with E-state index in [1.54, 1.807) is 0 Å². The van der Waals surface area contributed by atoms with E-state index >= 15 is 0 Å². The molecule has 2 heterocycles. The van der Waals surface area contributed by atoms with Crippen LogP contribution in [0.25, 0.3) is 0 Å². The van der Waals surface area contributed by atoms with E-state index in [0.717, 1.165) is 19.3 Å². The van der Waals surface area contributed by atoms with Gasteiger partial charge in [-0.2, -0.15) is 0 Å². The molecule has 0 saturated carbocycles. The van der Waals surface area contributed by atoms with Crippen molar-refractivity contribution in [3.8, 4) is 0 Å². The molecule has 0 radical (unpaired) electrons. The number of nitrogens with one attached hydrogen (secondary N) is 2. The van der Waals surface area contributed by atoms with Gasteiger partial charge >= 0.3 is 0 Å². The average molecular weight is 391 g/mol. The number of aromatic amines is 2. The Morgan fingerprint density at radius 3 is 1.48 bits per heavy atom. The van der Waals surface area contributed by atoms with E-state index in [2.05, 4.69) is 111 Å². The fraction of sp³-hybridized carbons (Fsp3) is 0.407. The molecule has 2 nitrogen and oxygen atoms in total. The summed E-state index contributed by atoms with van der Waals surface area (Å²) in [6.07, 6.45) is 22.7. The molecule has 0 aromatic carbocycles. The second kappa shape index (κ2) is 12.9. The Morgan fingerprint density at radius 2 is 1.07 bits per heavy atom. The van der Waals surface area contributed by atoms with E-state index in [9.17, 15) is 0 Å². The van der Waals surface area contributed by atoms with Crippen molar-refractivity contribution in [2.45, 2.75) is 59.8 Å². The monoisotopic (exact) mass is 390 g/mol. The Bertz CT molecular complexity index is 745. The molecule has 2 heteroatoms. The standard InChI is InChI=1S/C27H38N2/c1-5-22(3)13-9-7-11-15-24-17-19-26(28-24)21-27-20-18-25(29-27)16-12-8-10-14-23(4)6-2/h7-14,17-20,22-23,28-29H,5-6,15-16,21H2,1-4H3. The third-order valence-electron chi connectivity index (χ3n) is 5.33. The average Bonchev–Trinajstić information content (AvgIpc) is 3.36. The molecule has 0 saturated heterocycles. The van der Waals surface area contributed by atoms with Crippen LogP contribution in [0.15, 0.2) is 72.9 Å². The van der Waals surface area contributed by atoms with Gasteiger partial charge in [0.25, 0.3) is 0 Å². The van der Waals surface area contributed by atoms with Gasteiger partial charge in [-0.3, -0.25) is 0 Å². The summed E-state index contributed by atoms with van der Waals surface area (Å²) in [5.41, 5.74) is 5.03. The van der Waals surface area contributed by atoms with Gasteiger partial charge in [-0.1, -0.05) is 89.1 Å². The van der Waals surface area contributed by atoms with Crippen molar-refractivity contribution < 1.29 is 0 Å². The first-order valence-corrected chi connectivity index (χ1v) is 11.1. The first-order chi connectivity index (χ1) is 14.1. The molecule has 0 fully saturated rings. The van der Waals surface area contributed by atoms with Crippen LogP contribution in [0.5, 0.6) is 0 Å². The number of allylic oxidation sites excluding steroid dienone is 8. The van der Waals surface area contributed by atoms with Crippen LogP contribution in [0, 0.1) is 11.8 Å². The van der Waals surface area contributed by atoms with Gasteiger partial charge in [0.15, 0.2) is 0 Å². The molecule has 2 unspecified atom stereocenters. The molecule has 2 atom stereocenters. The first kappa shape index (κ1) is 22.8. The molecule has 2 rings (SSSR count). The molecule has 0 aliphatic carbocycles. The zero-order chi connectivity index (χ0) is 20.9. The number of aromatic nitrogens is 2. The van der Waals surface area contributed by atoms with Crippen LogP contribution < -0.4 is 0 Å². The highest BCUT2D eigenvalue weighted by atomic mass is 14.8. The fourth-order valence-corrected chi connectivity index (χ4v) is 2.96. The molecule has 0 spiro atoms. The maximum absolute atomic E-state index is 3.54. The van der Waals surface area contributed by atoms with Crippen LogP contribution in [0.1, 0.15) is 63.3 Å². The Labute approximate surface area is 177 Å². The molecule has 2 aromatic rings. The molecule has 0 aliphatic rings. The van der Waals surface area contributed by atoms with E-state index in [4.69, 9.17) is 0 Å². The second-order valence-electron chi connectivity index (χ2n) is 8.00. The van der Waals surface area contributed by atoms with Crippen LogP contribution in [0.2, 0.25) is 0 Å². The third kappa shape index (κ3) is 9.04. The highest BCUT2D eigenvalue weighted by Gasteiger charge is 2.02. The molecule has 0 bridgehead atoms. The summed E-state index contributed by atoms with van der Waals surface area (Å²) in [7, 11) is 0. The van der Waals surface area contributed by atoms with Gasteiger partial charge < -0.3 is 9.97 Å². The Hall–Kier alpha value is -2.48. The minimum absolute atomic E-state index is 0.652. The highest BCUT2D eigenvalue weighted by molar-refractivity contribution is 5.24. The predicted octanol–water partition coefficient (Wildman–Crippen LogP) is 7.34. The molecule has 0 aliphatic heterocycles. The summed E-state index contributed by atoms with van der Waals surface area (Å²) in [4.78, 5) is 7.08. The minimum atomic E-state index is 0.652. The second-order valence-corrected chi connectivity index (χ2v) is 8.00. The highest BCUT2D eigenvalue weighted by Crippen LogP contribution is 2.11. The van der Waals surface area contributed by atoms with Crippen LogP contribution in [-0.4, -0.2) is 9.97 Å². The molecule has 2 N–H and O–H groups in total. The summed E-state index contributed by atoms with van der Waals surface area (Å²) in [6, 6.07) is 8.76. The minimum Gasteiger partial charge on any atom is -0.362 e. The number of hydrogen-bond acceptors (Lipinski definition) is 0. The lowest BCUT2D eigenvalue weighted by Crippen LogP contribution is -1.91. The summed E-state index contributed by atoms with van der Waals surface area (Å²) < 4.78 is 0. The summed E-state index contributed by atoms with van der Waals surface area (Å²) in [5, 5.41) is 0. The van der Waals surface area contributed by atoms with Gasteiger partial charge in [0.05, 0.1) is 0 Å². The third-order valence-corrected chi connectivity index (χ3v) is 5.33. The van der Waals surface area contributed by atoms with E-state index in [1.807, 2.05) is 0 Å². The van der Waals surface area contributed by atoms with Crippen LogP contribution in [0.4, 0.5) is 0 Å². The molecule has 29 heavy (non-hydrogen) atoms. The SMILES string of the molecule is CCC(C)C=CC=CCc1ccc(Cc2ccc(CC=CC=CC(C)CC)[nH]2)[nH]1. The Balaban J connectivity index is 1.78. The van der Waals surface area contributed by atoms with Crippen molar-refractivity contribution in [2.75, 3.05) is 0 Å². The van der Waals surface area contributed by atoms with Crippen LogP contribution >= 0.6 is 0 Å². The lowest BCUT2D eigenvalue weighted by molar-refractivity contribution is 0.698. The molecule has 2 aromatic heterocycles. The summed E-state index contributed by atoms with van der Waals surface area (Å²) in [6.45, 7) is 8.93. The van der Waals surface area contributed by atoms with Crippen molar-refractivity contribution in [3.05, 3.63) is 95.6 Å². The zero-order valence-electron chi connectivity index (χ0n) is 18.6.